The Balaban J connectivity index is 1.21. The molecular weight excluding hydrogens is 516 g/mol. The number of benzene rings is 1. The molecule has 3 aromatic rings. The van der Waals surface area contributed by atoms with Crippen molar-refractivity contribution in [3.05, 3.63) is 12.1 Å². The van der Waals surface area contributed by atoms with Gasteiger partial charge in [-0.05, 0) is 37.8 Å². The average Bonchev–Trinajstić information content (AvgIpc) is 3.28. The van der Waals surface area contributed by atoms with Crippen LogP contribution in [-0.4, -0.2) is 61.1 Å². The summed E-state index contributed by atoms with van der Waals surface area (Å²) in [5, 5.41) is 8.32. The highest BCUT2D eigenvalue weighted by atomic mass is 32.1. The van der Waals surface area contributed by atoms with E-state index in [1.54, 1.807) is 23.9 Å². The Hall–Kier alpha value is -2.14. The predicted octanol–water partition coefficient (Wildman–Crippen LogP) is 5.46. The Morgan fingerprint density at radius 2 is 1.11 bits per heavy atom. The maximum absolute atomic E-state index is 12.9. The summed E-state index contributed by atoms with van der Waals surface area (Å²) in [5.74, 6) is 0.0706. The lowest BCUT2D eigenvalue weighted by molar-refractivity contribution is -0.118. The van der Waals surface area contributed by atoms with E-state index in [1.165, 1.54) is 74.0 Å². The third-order valence-electron chi connectivity index (χ3n) is 7.99. The van der Waals surface area contributed by atoms with Crippen molar-refractivity contribution in [2.24, 2.45) is 0 Å². The van der Waals surface area contributed by atoms with Crippen molar-refractivity contribution in [2.45, 2.75) is 89.1 Å². The van der Waals surface area contributed by atoms with Crippen molar-refractivity contribution >= 4 is 65.2 Å². The maximum Gasteiger partial charge on any atom is 0.242 e. The number of hydrogen-bond acceptors (Lipinski definition) is 8. The molecule has 2 aromatic heterocycles. The first-order valence-electron chi connectivity index (χ1n) is 14.2. The first-order valence-corrected chi connectivity index (χ1v) is 15.8. The van der Waals surface area contributed by atoms with Gasteiger partial charge in [-0.25, -0.2) is 9.97 Å². The Kier molecular flexibility index (Phi) is 9.24. The van der Waals surface area contributed by atoms with Crippen molar-refractivity contribution in [3.8, 4) is 0 Å². The van der Waals surface area contributed by atoms with Crippen molar-refractivity contribution in [3.63, 3.8) is 0 Å². The average molecular weight is 557 g/mol. The van der Waals surface area contributed by atoms with Gasteiger partial charge in [0.2, 0.25) is 11.8 Å². The minimum Gasteiger partial charge on any atom is -0.306 e. The van der Waals surface area contributed by atoms with Crippen LogP contribution in [-0.2, 0) is 9.59 Å². The van der Waals surface area contributed by atoms with Gasteiger partial charge >= 0.3 is 0 Å². The second-order valence-corrected chi connectivity index (χ2v) is 12.8. The number of nitrogens with one attached hydrogen (secondary N) is 2. The molecule has 2 fully saturated rings. The van der Waals surface area contributed by atoms with E-state index >= 15 is 0 Å². The highest BCUT2D eigenvalue weighted by molar-refractivity contribution is 7.24. The number of carbonyl (C=O) groups is 2. The molecule has 10 heteroatoms. The SMILES string of the molecule is CN(C(=O)CNC1CCCCCC1)c1nc2cc3nc(N(C)C(=O)CNC4CCCCCC4)sc3cc2s1. The summed E-state index contributed by atoms with van der Waals surface area (Å²) in [4.78, 5) is 38.5. The number of hydrogen-bond donors (Lipinski definition) is 2. The van der Waals surface area contributed by atoms with Crippen molar-refractivity contribution in [1.29, 1.82) is 0 Å². The van der Waals surface area contributed by atoms with Crippen molar-refractivity contribution < 1.29 is 9.59 Å². The molecule has 38 heavy (non-hydrogen) atoms. The van der Waals surface area contributed by atoms with E-state index in [2.05, 4.69) is 16.7 Å². The van der Waals surface area contributed by atoms with E-state index in [4.69, 9.17) is 9.97 Å². The molecule has 8 nitrogen and oxygen atoms in total. The number of anilines is 2. The molecule has 2 aliphatic rings. The van der Waals surface area contributed by atoms with Gasteiger partial charge < -0.3 is 10.6 Å². The Labute approximate surface area is 233 Å². The Morgan fingerprint density at radius 3 is 1.50 bits per heavy atom. The number of thiazole rings is 2. The number of nitrogens with zero attached hydrogens (tertiary/aromatic N) is 4. The lowest BCUT2D eigenvalue weighted by atomic mass is 10.1. The third-order valence-corrected chi connectivity index (χ3v) is 10.2. The van der Waals surface area contributed by atoms with Gasteiger partial charge in [0.1, 0.15) is 0 Å². The number of fused-ring (bicyclic) bond motifs is 2. The van der Waals surface area contributed by atoms with Crippen LogP contribution in [0.1, 0.15) is 77.0 Å². The summed E-state index contributed by atoms with van der Waals surface area (Å²) in [6.45, 7) is 0.681. The number of amides is 2. The van der Waals surface area contributed by atoms with Gasteiger partial charge in [0, 0.05) is 26.2 Å². The van der Waals surface area contributed by atoms with Crippen molar-refractivity contribution in [2.75, 3.05) is 37.0 Å². The zero-order valence-corrected chi connectivity index (χ0v) is 24.3. The molecule has 2 N–H and O–H groups in total. The molecule has 0 saturated heterocycles. The number of rotatable bonds is 8. The highest BCUT2D eigenvalue weighted by Gasteiger charge is 2.21. The van der Waals surface area contributed by atoms with Gasteiger partial charge in [0.15, 0.2) is 10.3 Å². The van der Waals surface area contributed by atoms with Crippen LogP contribution in [0.15, 0.2) is 12.1 Å². The van der Waals surface area contributed by atoms with Crippen LogP contribution >= 0.6 is 22.7 Å². The fraction of sp³-hybridized carbons (Fsp3) is 0.643. The van der Waals surface area contributed by atoms with Crippen LogP contribution in [0.3, 0.4) is 0 Å². The molecule has 0 atom stereocenters. The molecule has 0 radical (unpaired) electrons. The fourth-order valence-electron chi connectivity index (χ4n) is 5.49. The lowest BCUT2D eigenvalue weighted by Gasteiger charge is -2.19. The summed E-state index contributed by atoms with van der Waals surface area (Å²) < 4.78 is 2.03. The molecule has 5 rings (SSSR count). The molecule has 2 amide bonds. The molecular formula is C28H40N6O2S2. The van der Waals surface area contributed by atoms with E-state index in [1.807, 2.05) is 6.07 Å². The molecule has 0 unspecified atom stereocenters. The van der Waals surface area contributed by atoms with Crippen LogP contribution < -0.4 is 20.4 Å². The first-order chi connectivity index (χ1) is 18.5. The Bertz CT molecular complexity index is 1100. The minimum absolute atomic E-state index is 0.0353. The molecule has 0 spiro atoms. The zero-order chi connectivity index (χ0) is 26.5. The number of likely N-dealkylation sites (N-methyl/N-ethyl adjacent to an activating group) is 2. The largest absolute Gasteiger partial charge is 0.306 e. The highest BCUT2D eigenvalue weighted by Crippen LogP contribution is 2.36. The first kappa shape index (κ1) is 27.4. The van der Waals surface area contributed by atoms with Gasteiger partial charge in [-0.2, -0.15) is 0 Å². The fourth-order valence-corrected chi connectivity index (χ4v) is 7.50. The molecule has 206 valence electrons. The second kappa shape index (κ2) is 12.8. The normalized spacial score (nSPS) is 17.9. The number of carbonyl (C=O) groups excluding carboxylic acids is 2. The molecule has 2 saturated carbocycles. The molecule has 2 aliphatic carbocycles. The van der Waals surface area contributed by atoms with Crippen LogP contribution in [0.5, 0.6) is 0 Å². The van der Waals surface area contributed by atoms with Crippen LogP contribution in [0.2, 0.25) is 0 Å². The maximum atomic E-state index is 12.9. The van der Waals surface area contributed by atoms with E-state index in [0.717, 1.165) is 46.1 Å². The lowest BCUT2D eigenvalue weighted by Crippen LogP contribution is -2.40. The predicted molar refractivity (Wildman–Crippen MR) is 159 cm³/mol. The van der Waals surface area contributed by atoms with Gasteiger partial charge in [-0.15, -0.1) is 0 Å². The van der Waals surface area contributed by atoms with Crippen molar-refractivity contribution in [1.82, 2.24) is 20.6 Å². The van der Waals surface area contributed by atoms with E-state index in [9.17, 15) is 9.59 Å². The van der Waals surface area contributed by atoms with E-state index in [0.29, 0.717) is 35.4 Å². The van der Waals surface area contributed by atoms with Gasteiger partial charge in [-0.1, -0.05) is 74.0 Å². The molecule has 0 bridgehead atoms. The standard InChI is InChI=1S/C28H40N6O2S2/c1-33(25(35)17-29-19-11-7-3-4-8-12-19)27-31-21-15-22-24(16-23(21)37-27)38-28(32-22)34(2)26(36)18-30-20-13-9-5-6-10-14-20/h15-16,19-20,29-30H,3-14,17-18H2,1-2H3. The third kappa shape index (κ3) is 6.70. The number of aromatic nitrogens is 2. The molecule has 0 aliphatic heterocycles. The van der Waals surface area contributed by atoms with E-state index in [-0.39, 0.29) is 11.8 Å². The van der Waals surface area contributed by atoms with E-state index < -0.39 is 0 Å². The van der Waals surface area contributed by atoms with Crippen LogP contribution in [0.25, 0.3) is 20.4 Å². The van der Waals surface area contributed by atoms with Crippen LogP contribution in [0, 0.1) is 0 Å². The summed E-state index contributed by atoms with van der Waals surface area (Å²) in [6.07, 6.45) is 14.8. The summed E-state index contributed by atoms with van der Waals surface area (Å²) in [6, 6.07) is 4.93. The van der Waals surface area contributed by atoms with Gasteiger partial charge in [0.05, 0.1) is 33.5 Å². The monoisotopic (exact) mass is 556 g/mol. The van der Waals surface area contributed by atoms with Crippen LogP contribution in [0.4, 0.5) is 10.3 Å². The second-order valence-electron chi connectivity index (χ2n) is 10.8. The summed E-state index contributed by atoms with van der Waals surface area (Å²) >= 11 is 3.03. The van der Waals surface area contributed by atoms with Gasteiger partial charge in [-0.3, -0.25) is 19.4 Å². The minimum atomic E-state index is 0.0353. The topological polar surface area (TPSA) is 90.5 Å². The molecule has 1 aromatic carbocycles. The van der Waals surface area contributed by atoms with Gasteiger partial charge in [0.25, 0.3) is 0 Å². The molecule has 2 heterocycles. The summed E-state index contributed by atoms with van der Waals surface area (Å²) in [5.41, 5.74) is 1.66. The Morgan fingerprint density at radius 1 is 0.711 bits per heavy atom. The summed E-state index contributed by atoms with van der Waals surface area (Å²) in [7, 11) is 3.61. The zero-order valence-electron chi connectivity index (χ0n) is 22.6. The quantitative estimate of drug-likeness (QED) is 0.358. The smallest absolute Gasteiger partial charge is 0.242 e.